The van der Waals surface area contributed by atoms with Crippen LogP contribution in [0, 0.1) is 10.1 Å². The van der Waals surface area contributed by atoms with Crippen molar-refractivity contribution in [2.75, 3.05) is 0 Å². The first-order valence-electron chi connectivity index (χ1n) is 6.32. The van der Waals surface area contributed by atoms with Crippen LogP contribution in [0.15, 0.2) is 40.4 Å². The van der Waals surface area contributed by atoms with Gasteiger partial charge in [-0.15, -0.1) is 0 Å². The number of amides is 3. The van der Waals surface area contributed by atoms with E-state index in [9.17, 15) is 19.7 Å². The van der Waals surface area contributed by atoms with Gasteiger partial charge in [0.05, 0.1) is 4.92 Å². The number of benzene rings is 1. The van der Waals surface area contributed by atoms with E-state index < -0.39 is 16.9 Å². The SMILES string of the molecule is O=C1NC(=O)/C(=C/c2ccc(-c3ccc(Cl)c([N+](=O)[O-])c3)o2)N1. The van der Waals surface area contributed by atoms with Crippen LogP contribution in [-0.4, -0.2) is 16.9 Å². The van der Waals surface area contributed by atoms with Crippen molar-refractivity contribution < 1.29 is 18.9 Å². The Morgan fingerprint density at radius 3 is 2.61 bits per heavy atom. The van der Waals surface area contributed by atoms with Crippen molar-refractivity contribution in [2.45, 2.75) is 0 Å². The summed E-state index contributed by atoms with van der Waals surface area (Å²) in [6.45, 7) is 0. The zero-order valence-electron chi connectivity index (χ0n) is 11.3. The molecular formula is C14H8ClN3O5. The number of furan rings is 1. The van der Waals surface area contributed by atoms with Crippen LogP contribution in [0.2, 0.25) is 5.02 Å². The molecule has 0 unspecified atom stereocenters. The fourth-order valence-electron chi connectivity index (χ4n) is 2.02. The number of hydrogen-bond donors (Lipinski definition) is 2. The molecule has 1 aromatic heterocycles. The van der Waals surface area contributed by atoms with Gasteiger partial charge in [0.1, 0.15) is 22.2 Å². The number of carbonyl (C=O) groups excluding carboxylic acids is 2. The Morgan fingerprint density at radius 2 is 1.96 bits per heavy atom. The predicted octanol–water partition coefficient (Wildman–Crippen LogP) is 2.69. The molecule has 1 aromatic carbocycles. The summed E-state index contributed by atoms with van der Waals surface area (Å²) >= 11 is 5.76. The lowest BCUT2D eigenvalue weighted by Crippen LogP contribution is -2.22. The number of hydrogen-bond acceptors (Lipinski definition) is 5. The minimum Gasteiger partial charge on any atom is -0.457 e. The number of imide groups is 1. The van der Waals surface area contributed by atoms with Crippen molar-refractivity contribution in [3.05, 3.63) is 56.9 Å². The quantitative estimate of drug-likeness (QED) is 0.388. The van der Waals surface area contributed by atoms with Gasteiger partial charge in [-0.3, -0.25) is 20.2 Å². The maximum atomic E-state index is 11.4. The molecule has 0 atom stereocenters. The Balaban J connectivity index is 1.92. The summed E-state index contributed by atoms with van der Waals surface area (Å²) in [7, 11) is 0. The smallest absolute Gasteiger partial charge is 0.326 e. The van der Waals surface area contributed by atoms with Gasteiger partial charge in [-0.25, -0.2) is 4.79 Å². The monoisotopic (exact) mass is 333 g/mol. The third-order valence-corrected chi connectivity index (χ3v) is 3.38. The Kier molecular flexibility index (Phi) is 3.59. The summed E-state index contributed by atoms with van der Waals surface area (Å²) in [5, 5.41) is 15.3. The molecular weight excluding hydrogens is 326 g/mol. The zero-order valence-corrected chi connectivity index (χ0v) is 12.1. The van der Waals surface area contributed by atoms with E-state index in [0.717, 1.165) is 0 Å². The fourth-order valence-corrected chi connectivity index (χ4v) is 2.20. The molecule has 1 aliphatic rings. The first kappa shape index (κ1) is 14.8. The van der Waals surface area contributed by atoms with E-state index in [1.807, 2.05) is 0 Å². The number of nitrogens with zero attached hydrogens (tertiary/aromatic N) is 1. The molecule has 0 spiro atoms. The van der Waals surface area contributed by atoms with Gasteiger partial charge in [0, 0.05) is 17.7 Å². The van der Waals surface area contributed by atoms with Crippen LogP contribution < -0.4 is 10.6 Å². The summed E-state index contributed by atoms with van der Waals surface area (Å²) in [5.74, 6) is 0.112. The van der Waals surface area contributed by atoms with Crippen molar-refractivity contribution in [2.24, 2.45) is 0 Å². The lowest BCUT2D eigenvalue weighted by atomic mass is 10.1. The van der Waals surface area contributed by atoms with Gasteiger partial charge in [0.25, 0.3) is 11.6 Å². The average molecular weight is 334 g/mol. The highest BCUT2D eigenvalue weighted by Gasteiger charge is 2.23. The maximum absolute atomic E-state index is 11.4. The van der Waals surface area contributed by atoms with Gasteiger partial charge in [0.2, 0.25) is 0 Å². The molecule has 8 nitrogen and oxygen atoms in total. The highest BCUT2D eigenvalue weighted by molar-refractivity contribution is 6.32. The van der Waals surface area contributed by atoms with Gasteiger partial charge in [-0.2, -0.15) is 0 Å². The second kappa shape index (κ2) is 5.58. The Bertz CT molecular complexity index is 871. The summed E-state index contributed by atoms with van der Waals surface area (Å²) in [4.78, 5) is 32.8. The number of nitro groups is 1. The van der Waals surface area contributed by atoms with Crippen LogP contribution in [0.4, 0.5) is 10.5 Å². The molecule has 1 aliphatic heterocycles. The fraction of sp³-hybridized carbons (Fsp3) is 0. The van der Waals surface area contributed by atoms with E-state index in [1.165, 1.54) is 18.2 Å². The Labute approximate surface area is 133 Å². The van der Waals surface area contributed by atoms with Gasteiger partial charge in [-0.05, 0) is 24.3 Å². The van der Waals surface area contributed by atoms with Crippen LogP contribution in [0.1, 0.15) is 5.76 Å². The van der Waals surface area contributed by atoms with Crippen LogP contribution in [0.25, 0.3) is 17.4 Å². The standard InChI is InChI=1S/C14H8ClN3O5/c15-9-3-1-7(5-11(9)18(21)22)12-4-2-8(23-12)6-10-13(19)17-14(20)16-10/h1-6H,(H2,16,17,19,20)/b10-6-. The van der Waals surface area contributed by atoms with E-state index in [2.05, 4.69) is 10.6 Å². The summed E-state index contributed by atoms with van der Waals surface area (Å²) < 4.78 is 5.52. The minimum atomic E-state index is -0.610. The van der Waals surface area contributed by atoms with Gasteiger partial charge < -0.3 is 9.73 Å². The molecule has 2 N–H and O–H groups in total. The van der Waals surface area contributed by atoms with Crippen molar-refractivity contribution >= 4 is 35.3 Å². The second-order valence-electron chi connectivity index (χ2n) is 4.59. The molecule has 1 fully saturated rings. The van der Waals surface area contributed by atoms with Crippen molar-refractivity contribution in [1.29, 1.82) is 0 Å². The van der Waals surface area contributed by atoms with Crippen LogP contribution in [0.3, 0.4) is 0 Å². The predicted molar refractivity (Wildman–Crippen MR) is 80.5 cm³/mol. The van der Waals surface area contributed by atoms with Crippen LogP contribution in [0.5, 0.6) is 0 Å². The molecule has 116 valence electrons. The number of urea groups is 1. The van der Waals surface area contributed by atoms with Crippen molar-refractivity contribution in [3.8, 4) is 11.3 Å². The summed E-state index contributed by atoms with van der Waals surface area (Å²) in [5.41, 5.74) is 0.284. The summed E-state index contributed by atoms with van der Waals surface area (Å²) in [6, 6.07) is 6.83. The third-order valence-electron chi connectivity index (χ3n) is 3.06. The first-order valence-corrected chi connectivity index (χ1v) is 6.70. The molecule has 9 heteroatoms. The molecule has 3 rings (SSSR count). The molecule has 0 radical (unpaired) electrons. The molecule has 0 aliphatic carbocycles. The largest absolute Gasteiger partial charge is 0.457 e. The Morgan fingerprint density at radius 1 is 1.17 bits per heavy atom. The van der Waals surface area contributed by atoms with Crippen molar-refractivity contribution in [3.63, 3.8) is 0 Å². The van der Waals surface area contributed by atoms with E-state index >= 15 is 0 Å². The normalized spacial score (nSPS) is 15.6. The molecule has 23 heavy (non-hydrogen) atoms. The highest BCUT2D eigenvalue weighted by Crippen LogP contribution is 2.31. The molecule has 2 heterocycles. The highest BCUT2D eigenvalue weighted by atomic mass is 35.5. The number of rotatable bonds is 3. The van der Waals surface area contributed by atoms with E-state index in [1.54, 1.807) is 18.2 Å². The van der Waals surface area contributed by atoms with Crippen LogP contribution >= 0.6 is 11.6 Å². The van der Waals surface area contributed by atoms with Gasteiger partial charge >= 0.3 is 6.03 Å². The molecule has 1 saturated heterocycles. The lowest BCUT2D eigenvalue weighted by molar-refractivity contribution is -0.384. The molecule has 3 amide bonds. The topological polar surface area (TPSA) is 114 Å². The number of nitro benzene ring substituents is 1. The van der Waals surface area contributed by atoms with E-state index in [4.69, 9.17) is 16.0 Å². The maximum Gasteiger partial charge on any atom is 0.326 e. The third kappa shape index (κ3) is 2.92. The lowest BCUT2D eigenvalue weighted by Gasteiger charge is -1.99. The molecule has 2 aromatic rings. The number of nitrogens with one attached hydrogen (secondary N) is 2. The number of carbonyl (C=O) groups is 2. The average Bonchev–Trinajstić information content (AvgIpc) is 3.06. The second-order valence-corrected chi connectivity index (χ2v) is 5.00. The molecule has 0 bridgehead atoms. The van der Waals surface area contributed by atoms with Gasteiger partial charge in [0.15, 0.2) is 0 Å². The first-order chi connectivity index (χ1) is 10.9. The van der Waals surface area contributed by atoms with E-state index in [-0.39, 0.29) is 16.4 Å². The van der Waals surface area contributed by atoms with Crippen LogP contribution in [-0.2, 0) is 4.79 Å². The zero-order chi connectivity index (χ0) is 16.6. The summed E-state index contributed by atoms with van der Waals surface area (Å²) in [6.07, 6.45) is 1.36. The van der Waals surface area contributed by atoms with E-state index in [0.29, 0.717) is 17.1 Å². The van der Waals surface area contributed by atoms with Crippen molar-refractivity contribution in [1.82, 2.24) is 10.6 Å². The minimum absolute atomic E-state index is 0.0259. The molecule has 0 saturated carbocycles. The van der Waals surface area contributed by atoms with Gasteiger partial charge in [-0.1, -0.05) is 11.6 Å². The Hall–Kier alpha value is -3.13. The number of halogens is 1.